The van der Waals surface area contributed by atoms with Crippen molar-refractivity contribution in [3.05, 3.63) is 29.8 Å². The smallest absolute Gasteiger partial charge is 0.123 e. The van der Waals surface area contributed by atoms with Gasteiger partial charge in [0.15, 0.2) is 0 Å². The van der Waals surface area contributed by atoms with Crippen LogP contribution in [0.15, 0.2) is 24.3 Å². The zero-order valence-corrected chi connectivity index (χ0v) is 9.29. The molecule has 2 unspecified atom stereocenters. The van der Waals surface area contributed by atoms with Crippen molar-refractivity contribution in [2.75, 3.05) is 0 Å². The van der Waals surface area contributed by atoms with E-state index in [1.54, 1.807) is 0 Å². The van der Waals surface area contributed by atoms with Crippen LogP contribution in [0.25, 0.3) is 0 Å². The average Bonchev–Trinajstić information content (AvgIpc) is 2.74. The molecule has 0 bridgehead atoms. The highest BCUT2D eigenvalue weighted by molar-refractivity contribution is 5.48. The van der Waals surface area contributed by atoms with Gasteiger partial charge in [0.25, 0.3) is 0 Å². The van der Waals surface area contributed by atoms with Crippen LogP contribution in [0.1, 0.15) is 32.3 Å². The summed E-state index contributed by atoms with van der Waals surface area (Å²) < 4.78 is 5.99. The zero-order valence-electron chi connectivity index (χ0n) is 9.29. The van der Waals surface area contributed by atoms with Gasteiger partial charge in [0.2, 0.25) is 0 Å². The van der Waals surface area contributed by atoms with E-state index in [0.29, 0.717) is 6.04 Å². The number of benzene rings is 1. The lowest BCUT2D eigenvalue weighted by Gasteiger charge is -2.38. The standard InChI is InChI=1S/C13H17NO/c1-12(2)8-13(7-11(13)14)9-5-3-4-6-10(9)15-12/h3-6,11H,7-8,14H2,1-2H3. The normalized spacial score (nSPS) is 35.8. The quantitative estimate of drug-likeness (QED) is 0.701. The lowest BCUT2D eigenvalue weighted by molar-refractivity contribution is 0.0659. The van der Waals surface area contributed by atoms with Crippen molar-refractivity contribution < 1.29 is 4.74 Å². The maximum atomic E-state index is 6.11. The largest absolute Gasteiger partial charge is 0.488 e. The summed E-state index contributed by atoms with van der Waals surface area (Å²) in [6.07, 6.45) is 2.15. The Morgan fingerprint density at radius 3 is 2.67 bits per heavy atom. The lowest BCUT2D eigenvalue weighted by Crippen LogP contribution is -2.40. The Morgan fingerprint density at radius 1 is 1.33 bits per heavy atom. The first kappa shape index (κ1) is 9.22. The van der Waals surface area contributed by atoms with E-state index >= 15 is 0 Å². The molecule has 15 heavy (non-hydrogen) atoms. The van der Waals surface area contributed by atoms with Crippen LogP contribution in [0.4, 0.5) is 0 Å². The summed E-state index contributed by atoms with van der Waals surface area (Å²) in [6, 6.07) is 8.65. The van der Waals surface area contributed by atoms with Crippen molar-refractivity contribution in [2.45, 2.75) is 43.7 Å². The highest BCUT2D eigenvalue weighted by atomic mass is 16.5. The minimum absolute atomic E-state index is 0.0809. The third kappa shape index (κ3) is 1.21. The molecule has 1 aromatic carbocycles. The molecule has 1 aliphatic heterocycles. The maximum Gasteiger partial charge on any atom is 0.123 e. The van der Waals surface area contributed by atoms with E-state index in [1.165, 1.54) is 5.56 Å². The summed E-state index contributed by atoms with van der Waals surface area (Å²) >= 11 is 0. The second-order valence-electron chi connectivity index (χ2n) is 5.50. The Bertz CT molecular complexity index is 413. The van der Waals surface area contributed by atoms with E-state index in [-0.39, 0.29) is 11.0 Å². The van der Waals surface area contributed by atoms with Gasteiger partial charge in [-0.2, -0.15) is 0 Å². The maximum absolute atomic E-state index is 6.11. The number of fused-ring (bicyclic) bond motifs is 2. The van der Waals surface area contributed by atoms with Gasteiger partial charge >= 0.3 is 0 Å². The Hall–Kier alpha value is -1.02. The SMILES string of the molecule is CC1(C)CC2(CC2N)c2ccccc2O1. The molecule has 2 heteroatoms. The van der Waals surface area contributed by atoms with Crippen molar-refractivity contribution in [3.63, 3.8) is 0 Å². The molecule has 0 saturated heterocycles. The summed E-state index contributed by atoms with van der Waals surface area (Å²) in [4.78, 5) is 0. The molecule has 0 amide bonds. The number of hydrogen-bond acceptors (Lipinski definition) is 2. The second kappa shape index (κ2) is 2.56. The number of nitrogens with two attached hydrogens (primary N) is 1. The summed E-state index contributed by atoms with van der Waals surface area (Å²) in [5.74, 6) is 1.03. The molecule has 2 aliphatic rings. The van der Waals surface area contributed by atoms with Crippen LogP contribution in [0.3, 0.4) is 0 Å². The van der Waals surface area contributed by atoms with Crippen molar-refractivity contribution in [3.8, 4) is 5.75 Å². The van der Waals surface area contributed by atoms with Crippen LogP contribution in [0, 0.1) is 0 Å². The molecule has 1 spiro atoms. The van der Waals surface area contributed by atoms with Crippen LogP contribution in [-0.4, -0.2) is 11.6 Å². The van der Waals surface area contributed by atoms with Gasteiger partial charge in [-0.15, -0.1) is 0 Å². The first-order valence-electron chi connectivity index (χ1n) is 5.58. The van der Waals surface area contributed by atoms with Crippen LogP contribution in [-0.2, 0) is 5.41 Å². The molecular formula is C13H17NO. The summed E-state index contributed by atoms with van der Waals surface area (Å²) in [7, 11) is 0. The van der Waals surface area contributed by atoms with E-state index in [0.717, 1.165) is 18.6 Å². The van der Waals surface area contributed by atoms with E-state index in [2.05, 4.69) is 32.0 Å². The molecule has 2 atom stereocenters. The first-order chi connectivity index (χ1) is 7.04. The third-order valence-electron chi connectivity index (χ3n) is 3.68. The van der Waals surface area contributed by atoms with Gasteiger partial charge in [-0.1, -0.05) is 18.2 Å². The van der Waals surface area contributed by atoms with E-state index < -0.39 is 0 Å². The minimum atomic E-state index is -0.0809. The van der Waals surface area contributed by atoms with Gasteiger partial charge in [-0.25, -0.2) is 0 Å². The number of ether oxygens (including phenoxy) is 1. The molecule has 1 aliphatic carbocycles. The van der Waals surface area contributed by atoms with Crippen LogP contribution in [0.2, 0.25) is 0 Å². The van der Waals surface area contributed by atoms with Gasteiger partial charge in [0, 0.05) is 17.0 Å². The Labute approximate surface area is 90.4 Å². The molecule has 1 saturated carbocycles. The van der Waals surface area contributed by atoms with Crippen molar-refractivity contribution in [2.24, 2.45) is 5.73 Å². The molecule has 1 fully saturated rings. The fourth-order valence-corrected chi connectivity index (χ4v) is 3.00. The van der Waals surface area contributed by atoms with E-state index in [9.17, 15) is 0 Å². The molecule has 2 nitrogen and oxygen atoms in total. The van der Waals surface area contributed by atoms with Gasteiger partial charge < -0.3 is 10.5 Å². The van der Waals surface area contributed by atoms with Crippen LogP contribution >= 0.6 is 0 Å². The predicted octanol–water partition coefficient (Wildman–Crippen LogP) is 2.22. The fraction of sp³-hybridized carbons (Fsp3) is 0.538. The molecule has 0 aromatic heterocycles. The van der Waals surface area contributed by atoms with Crippen LogP contribution in [0.5, 0.6) is 5.75 Å². The Morgan fingerprint density at radius 2 is 2.00 bits per heavy atom. The zero-order chi connectivity index (χ0) is 10.7. The molecule has 2 N–H and O–H groups in total. The number of hydrogen-bond donors (Lipinski definition) is 1. The molecule has 80 valence electrons. The van der Waals surface area contributed by atoms with Gasteiger partial charge in [0.05, 0.1) is 0 Å². The molecule has 1 aromatic rings. The summed E-state index contributed by atoms with van der Waals surface area (Å²) in [5, 5.41) is 0. The van der Waals surface area contributed by atoms with Crippen molar-refractivity contribution >= 4 is 0 Å². The summed E-state index contributed by atoms with van der Waals surface area (Å²) in [6.45, 7) is 4.30. The molecular weight excluding hydrogens is 186 g/mol. The predicted molar refractivity (Wildman–Crippen MR) is 60.0 cm³/mol. The van der Waals surface area contributed by atoms with Gasteiger partial charge in [-0.05, 0) is 32.8 Å². The van der Waals surface area contributed by atoms with Gasteiger partial charge in [-0.3, -0.25) is 0 Å². The monoisotopic (exact) mass is 203 g/mol. The Kier molecular flexibility index (Phi) is 1.57. The van der Waals surface area contributed by atoms with Crippen molar-refractivity contribution in [1.82, 2.24) is 0 Å². The highest BCUT2D eigenvalue weighted by Gasteiger charge is 2.59. The van der Waals surface area contributed by atoms with Gasteiger partial charge in [0.1, 0.15) is 11.4 Å². The number of para-hydroxylation sites is 1. The van der Waals surface area contributed by atoms with Crippen molar-refractivity contribution in [1.29, 1.82) is 0 Å². The van der Waals surface area contributed by atoms with Crippen LogP contribution < -0.4 is 10.5 Å². The molecule has 3 rings (SSSR count). The second-order valence-corrected chi connectivity index (χ2v) is 5.50. The van der Waals surface area contributed by atoms with E-state index in [4.69, 9.17) is 10.5 Å². The molecule has 1 heterocycles. The average molecular weight is 203 g/mol. The minimum Gasteiger partial charge on any atom is -0.488 e. The Balaban J connectivity index is 2.13. The highest BCUT2D eigenvalue weighted by Crippen LogP contribution is 2.58. The van der Waals surface area contributed by atoms with E-state index in [1.807, 2.05) is 6.07 Å². The number of rotatable bonds is 0. The molecule has 0 radical (unpaired) electrons. The summed E-state index contributed by atoms with van der Waals surface area (Å²) in [5.41, 5.74) is 7.55. The third-order valence-corrected chi connectivity index (χ3v) is 3.68. The fourth-order valence-electron chi connectivity index (χ4n) is 3.00. The topological polar surface area (TPSA) is 35.2 Å². The first-order valence-corrected chi connectivity index (χ1v) is 5.58. The lowest BCUT2D eigenvalue weighted by atomic mass is 9.81.